The van der Waals surface area contributed by atoms with Crippen molar-refractivity contribution in [3.8, 4) is 10.8 Å². The van der Waals surface area contributed by atoms with Gasteiger partial charge in [0.05, 0.1) is 9.77 Å². The topological polar surface area (TPSA) is 73.1 Å². The molecule has 0 amide bonds. The van der Waals surface area contributed by atoms with E-state index in [-0.39, 0.29) is 16.5 Å². The molecule has 0 unspecified atom stereocenters. The minimum Gasteiger partial charge on any atom is -0.333 e. The lowest BCUT2D eigenvalue weighted by Crippen LogP contribution is -2.06. The number of aryl methyl sites for hydroxylation is 1. The van der Waals surface area contributed by atoms with Gasteiger partial charge in [-0.3, -0.25) is 0 Å². The van der Waals surface area contributed by atoms with Crippen molar-refractivity contribution in [2.75, 3.05) is 0 Å². The maximum absolute atomic E-state index is 12.3. The van der Waals surface area contributed by atoms with Gasteiger partial charge in [-0.15, -0.1) is 11.3 Å². The zero-order valence-corrected chi connectivity index (χ0v) is 12.8. The average molecular weight is 320 g/mol. The van der Waals surface area contributed by atoms with Crippen LogP contribution >= 0.6 is 11.3 Å². The lowest BCUT2D eigenvalue weighted by molar-refractivity contribution is 0.425. The molecule has 0 saturated carbocycles. The predicted octanol–water partition coefficient (Wildman–Crippen LogP) is 3.08. The summed E-state index contributed by atoms with van der Waals surface area (Å²) in [6.07, 6.45) is 0. The maximum atomic E-state index is 12.3. The van der Waals surface area contributed by atoms with Gasteiger partial charge in [-0.2, -0.15) is 4.98 Å². The van der Waals surface area contributed by atoms with Crippen molar-refractivity contribution >= 4 is 21.2 Å². The standard InChI is InChI=1S/C14H12N2O3S2/c1-10-4-6-11(7-5-10)21(17,18)9-13-15-14(19-16-13)12-3-2-8-20-12/h2-8H,9H2,1H3. The van der Waals surface area contributed by atoms with E-state index in [2.05, 4.69) is 10.1 Å². The number of benzene rings is 1. The Kier molecular flexibility index (Phi) is 3.60. The van der Waals surface area contributed by atoms with Crippen molar-refractivity contribution in [1.82, 2.24) is 10.1 Å². The van der Waals surface area contributed by atoms with Crippen LogP contribution in [0.1, 0.15) is 11.4 Å². The third-order valence-electron chi connectivity index (χ3n) is 2.90. The van der Waals surface area contributed by atoms with Crippen LogP contribution in [0.2, 0.25) is 0 Å². The Balaban J connectivity index is 1.84. The first kappa shape index (κ1) is 14.0. The fraction of sp³-hybridized carbons (Fsp3) is 0.143. The molecule has 5 nitrogen and oxygen atoms in total. The monoisotopic (exact) mass is 320 g/mol. The summed E-state index contributed by atoms with van der Waals surface area (Å²) in [5.41, 5.74) is 1.01. The molecule has 0 fully saturated rings. The van der Waals surface area contributed by atoms with E-state index in [0.717, 1.165) is 10.4 Å². The van der Waals surface area contributed by atoms with Gasteiger partial charge in [-0.25, -0.2) is 8.42 Å². The third-order valence-corrected chi connectivity index (χ3v) is 5.39. The first-order chi connectivity index (χ1) is 10.0. The van der Waals surface area contributed by atoms with Gasteiger partial charge in [0, 0.05) is 0 Å². The van der Waals surface area contributed by atoms with Gasteiger partial charge in [0.15, 0.2) is 15.7 Å². The van der Waals surface area contributed by atoms with Crippen molar-refractivity contribution in [3.05, 3.63) is 53.2 Å². The van der Waals surface area contributed by atoms with Crippen LogP contribution in [0.5, 0.6) is 0 Å². The molecule has 0 radical (unpaired) electrons. The van der Waals surface area contributed by atoms with Crippen molar-refractivity contribution < 1.29 is 12.9 Å². The fourth-order valence-corrected chi connectivity index (χ4v) is 3.63. The van der Waals surface area contributed by atoms with Crippen LogP contribution in [0.3, 0.4) is 0 Å². The molecule has 3 aromatic rings. The Labute approximate surface area is 126 Å². The van der Waals surface area contributed by atoms with Gasteiger partial charge in [-0.1, -0.05) is 28.9 Å². The SMILES string of the molecule is Cc1ccc(S(=O)(=O)Cc2noc(-c3cccs3)n2)cc1. The average Bonchev–Trinajstić information content (AvgIpc) is 3.09. The highest BCUT2D eigenvalue weighted by Crippen LogP contribution is 2.23. The van der Waals surface area contributed by atoms with Crippen LogP contribution in [0.25, 0.3) is 10.8 Å². The molecule has 0 atom stereocenters. The zero-order chi connectivity index (χ0) is 14.9. The van der Waals surface area contributed by atoms with E-state index < -0.39 is 9.84 Å². The lowest BCUT2D eigenvalue weighted by Gasteiger charge is -2.01. The van der Waals surface area contributed by atoms with Gasteiger partial charge in [0.25, 0.3) is 5.89 Å². The highest BCUT2D eigenvalue weighted by atomic mass is 32.2. The molecule has 0 aliphatic carbocycles. The summed E-state index contributed by atoms with van der Waals surface area (Å²) >= 11 is 1.46. The van der Waals surface area contributed by atoms with Crippen LogP contribution in [-0.2, 0) is 15.6 Å². The highest BCUT2D eigenvalue weighted by molar-refractivity contribution is 7.90. The van der Waals surface area contributed by atoms with Gasteiger partial charge >= 0.3 is 0 Å². The molecule has 0 saturated heterocycles. The molecule has 0 aliphatic heterocycles. The van der Waals surface area contributed by atoms with E-state index in [4.69, 9.17) is 4.52 Å². The molecule has 2 heterocycles. The summed E-state index contributed by atoms with van der Waals surface area (Å²) in [5.74, 6) is 0.239. The largest absolute Gasteiger partial charge is 0.333 e. The smallest absolute Gasteiger partial charge is 0.268 e. The number of rotatable bonds is 4. The molecule has 0 bridgehead atoms. The first-order valence-electron chi connectivity index (χ1n) is 6.20. The molecule has 1 aromatic carbocycles. The Bertz CT molecular complexity index is 835. The molecule has 108 valence electrons. The van der Waals surface area contributed by atoms with Gasteiger partial charge < -0.3 is 4.52 Å². The number of hydrogen-bond donors (Lipinski definition) is 0. The van der Waals surface area contributed by atoms with Crippen LogP contribution in [0.4, 0.5) is 0 Å². The minimum atomic E-state index is -3.47. The number of aromatic nitrogens is 2. The molecular weight excluding hydrogens is 308 g/mol. The molecule has 7 heteroatoms. The second-order valence-corrected chi connectivity index (χ2v) is 7.50. The van der Waals surface area contributed by atoms with E-state index in [1.54, 1.807) is 24.3 Å². The molecule has 21 heavy (non-hydrogen) atoms. The maximum Gasteiger partial charge on any atom is 0.268 e. The van der Waals surface area contributed by atoms with E-state index in [0.29, 0.717) is 5.89 Å². The van der Waals surface area contributed by atoms with Crippen molar-refractivity contribution in [2.24, 2.45) is 0 Å². The third kappa shape index (κ3) is 3.03. The summed E-state index contributed by atoms with van der Waals surface area (Å²) < 4.78 is 29.7. The van der Waals surface area contributed by atoms with Gasteiger partial charge in [-0.05, 0) is 30.5 Å². The van der Waals surface area contributed by atoms with Crippen LogP contribution in [0, 0.1) is 6.92 Å². The Morgan fingerprint density at radius 1 is 1.19 bits per heavy atom. The molecule has 0 spiro atoms. The Hall–Kier alpha value is -1.99. The number of sulfone groups is 1. The second kappa shape index (κ2) is 5.42. The molecule has 0 N–H and O–H groups in total. The van der Waals surface area contributed by atoms with Gasteiger partial charge in [0.1, 0.15) is 5.75 Å². The van der Waals surface area contributed by atoms with Crippen molar-refractivity contribution in [2.45, 2.75) is 17.6 Å². The quantitative estimate of drug-likeness (QED) is 0.738. The van der Waals surface area contributed by atoms with E-state index in [9.17, 15) is 8.42 Å². The summed E-state index contributed by atoms with van der Waals surface area (Å²) in [6.45, 7) is 1.91. The van der Waals surface area contributed by atoms with Crippen molar-refractivity contribution in [1.29, 1.82) is 0 Å². The number of thiophene rings is 1. The highest BCUT2D eigenvalue weighted by Gasteiger charge is 2.19. The van der Waals surface area contributed by atoms with E-state index >= 15 is 0 Å². The number of hydrogen-bond acceptors (Lipinski definition) is 6. The minimum absolute atomic E-state index is 0.166. The number of nitrogens with zero attached hydrogens (tertiary/aromatic N) is 2. The predicted molar refractivity (Wildman–Crippen MR) is 79.7 cm³/mol. The van der Waals surface area contributed by atoms with Gasteiger partial charge in [0.2, 0.25) is 0 Å². The van der Waals surface area contributed by atoms with E-state index in [1.165, 1.54) is 11.3 Å². The molecule has 3 rings (SSSR count). The van der Waals surface area contributed by atoms with Crippen LogP contribution in [-0.4, -0.2) is 18.6 Å². The summed E-state index contributed by atoms with van der Waals surface area (Å²) in [7, 11) is -3.47. The second-order valence-electron chi connectivity index (χ2n) is 4.57. The van der Waals surface area contributed by atoms with Crippen LogP contribution in [0.15, 0.2) is 51.2 Å². The summed E-state index contributed by atoms with van der Waals surface area (Å²) in [5, 5.41) is 5.63. The summed E-state index contributed by atoms with van der Waals surface area (Å²) in [4.78, 5) is 5.22. The molecular formula is C14H12N2O3S2. The molecule has 2 aromatic heterocycles. The Morgan fingerprint density at radius 2 is 1.95 bits per heavy atom. The normalized spacial score (nSPS) is 11.7. The van der Waals surface area contributed by atoms with Crippen molar-refractivity contribution in [3.63, 3.8) is 0 Å². The van der Waals surface area contributed by atoms with E-state index in [1.807, 2.05) is 24.4 Å². The zero-order valence-electron chi connectivity index (χ0n) is 11.2. The lowest BCUT2D eigenvalue weighted by atomic mass is 10.2. The molecule has 0 aliphatic rings. The van der Waals surface area contributed by atoms with Crippen LogP contribution < -0.4 is 0 Å². The Morgan fingerprint density at radius 3 is 2.62 bits per heavy atom. The fourth-order valence-electron chi connectivity index (χ4n) is 1.81. The first-order valence-corrected chi connectivity index (χ1v) is 8.74. The summed E-state index contributed by atoms with van der Waals surface area (Å²) in [6, 6.07) is 10.4.